The third kappa shape index (κ3) is 9.34. The van der Waals surface area contributed by atoms with E-state index in [0.717, 1.165) is 12.8 Å². The summed E-state index contributed by atoms with van der Waals surface area (Å²) in [6, 6.07) is 0. The second kappa shape index (κ2) is 9.52. The first kappa shape index (κ1) is 12.4. The number of aliphatic hydroxyl groups is 1. The van der Waals surface area contributed by atoms with Crippen molar-refractivity contribution in [1.82, 2.24) is 0 Å². The lowest BCUT2D eigenvalue weighted by Gasteiger charge is -2.02. The van der Waals surface area contributed by atoms with E-state index in [0.29, 0.717) is 6.61 Å². The number of rotatable bonds is 8. The molecule has 0 aromatic rings. The highest BCUT2D eigenvalue weighted by Crippen LogP contribution is 2.02. The molecule has 0 saturated heterocycles. The molecule has 0 spiro atoms. The van der Waals surface area contributed by atoms with Crippen molar-refractivity contribution in [3.8, 4) is 0 Å². The molecule has 0 rings (SSSR count). The highest BCUT2D eigenvalue weighted by molar-refractivity contribution is 5.69. The topological polar surface area (TPSA) is 46.5 Å². The molecule has 3 nitrogen and oxygen atoms in total. The van der Waals surface area contributed by atoms with Crippen LogP contribution in [-0.2, 0) is 9.53 Å². The summed E-state index contributed by atoms with van der Waals surface area (Å²) >= 11 is 0. The van der Waals surface area contributed by atoms with E-state index in [9.17, 15) is 4.79 Å². The maximum atomic E-state index is 10.7. The van der Waals surface area contributed by atoms with Crippen LogP contribution in [0.5, 0.6) is 0 Å². The van der Waals surface area contributed by atoms with Crippen LogP contribution in [-0.4, -0.2) is 24.3 Å². The fraction of sp³-hybridized carbons (Fsp3) is 0.900. The van der Waals surface area contributed by atoms with Crippen molar-refractivity contribution in [1.29, 1.82) is 0 Å². The zero-order valence-corrected chi connectivity index (χ0v) is 8.42. The molecule has 0 aliphatic rings. The molecule has 3 heteroatoms. The predicted molar refractivity (Wildman–Crippen MR) is 51.4 cm³/mol. The van der Waals surface area contributed by atoms with Gasteiger partial charge in [-0.05, 0) is 6.42 Å². The molecule has 0 aromatic heterocycles. The van der Waals surface area contributed by atoms with Crippen molar-refractivity contribution in [2.24, 2.45) is 0 Å². The zero-order valence-electron chi connectivity index (χ0n) is 8.42. The molecule has 0 bridgehead atoms. The van der Waals surface area contributed by atoms with Crippen LogP contribution in [0.3, 0.4) is 0 Å². The van der Waals surface area contributed by atoms with E-state index < -0.39 is 0 Å². The molecule has 0 atom stereocenters. The summed E-state index contributed by atoms with van der Waals surface area (Å²) in [5.74, 6) is -0.294. The van der Waals surface area contributed by atoms with Crippen LogP contribution in [0.1, 0.15) is 45.4 Å². The minimum Gasteiger partial charge on any atom is -0.466 e. The lowest BCUT2D eigenvalue weighted by molar-refractivity contribution is -0.144. The summed E-state index contributed by atoms with van der Waals surface area (Å²) < 4.78 is 4.86. The first-order chi connectivity index (χ1) is 6.31. The molecule has 13 heavy (non-hydrogen) atoms. The van der Waals surface area contributed by atoms with Crippen LogP contribution < -0.4 is 0 Å². The van der Waals surface area contributed by atoms with E-state index in [2.05, 4.69) is 6.92 Å². The van der Waals surface area contributed by atoms with E-state index in [1.54, 1.807) is 0 Å². The second-order valence-electron chi connectivity index (χ2n) is 3.11. The predicted octanol–water partition coefficient (Wildman–Crippen LogP) is 1.88. The standard InChI is InChI=1S/C10H20O3/c1-2-3-4-5-6-9-13-10(12)7-8-11/h11H,2-9H2,1H3. The lowest BCUT2D eigenvalue weighted by atomic mass is 10.2. The van der Waals surface area contributed by atoms with E-state index in [1.165, 1.54) is 19.3 Å². The molecule has 0 aliphatic carbocycles. The molecule has 78 valence electrons. The SMILES string of the molecule is CCCCCCCOC(=O)CCO. The average molecular weight is 188 g/mol. The van der Waals surface area contributed by atoms with Gasteiger partial charge < -0.3 is 9.84 Å². The van der Waals surface area contributed by atoms with E-state index in [-0.39, 0.29) is 19.0 Å². The number of aliphatic hydroxyl groups excluding tert-OH is 1. The van der Waals surface area contributed by atoms with Gasteiger partial charge in [-0.25, -0.2) is 0 Å². The summed E-state index contributed by atoms with van der Waals surface area (Å²) in [5, 5.41) is 8.41. The summed E-state index contributed by atoms with van der Waals surface area (Å²) in [4.78, 5) is 10.7. The van der Waals surface area contributed by atoms with Gasteiger partial charge in [0.1, 0.15) is 0 Å². The first-order valence-electron chi connectivity index (χ1n) is 5.07. The summed E-state index contributed by atoms with van der Waals surface area (Å²) in [6.07, 6.45) is 5.88. The van der Waals surface area contributed by atoms with Gasteiger partial charge >= 0.3 is 5.97 Å². The van der Waals surface area contributed by atoms with Crippen LogP contribution in [0.15, 0.2) is 0 Å². The molecule has 1 N–H and O–H groups in total. The zero-order chi connectivity index (χ0) is 9.94. The Bertz CT molecular complexity index is 123. The second-order valence-corrected chi connectivity index (χ2v) is 3.11. The Labute approximate surface area is 80.1 Å². The Morgan fingerprint density at radius 3 is 2.54 bits per heavy atom. The number of ether oxygens (including phenoxy) is 1. The third-order valence-electron chi connectivity index (χ3n) is 1.83. The Hall–Kier alpha value is -0.570. The van der Waals surface area contributed by atoms with Gasteiger partial charge in [0.05, 0.1) is 19.6 Å². The maximum Gasteiger partial charge on any atom is 0.308 e. The van der Waals surface area contributed by atoms with E-state index >= 15 is 0 Å². The fourth-order valence-corrected chi connectivity index (χ4v) is 1.06. The molecular formula is C10H20O3. The smallest absolute Gasteiger partial charge is 0.308 e. The molecule has 0 heterocycles. The molecular weight excluding hydrogens is 168 g/mol. The number of carbonyl (C=O) groups excluding carboxylic acids is 1. The van der Waals surface area contributed by atoms with Crippen molar-refractivity contribution < 1.29 is 14.6 Å². The molecule has 0 unspecified atom stereocenters. The van der Waals surface area contributed by atoms with Crippen molar-refractivity contribution in [3.63, 3.8) is 0 Å². The van der Waals surface area contributed by atoms with E-state index in [4.69, 9.17) is 9.84 Å². The molecule has 0 radical (unpaired) electrons. The minimum absolute atomic E-state index is 0.116. The third-order valence-corrected chi connectivity index (χ3v) is 1.83. The Kier molecular flexibility index (Phi) is 9.10. The Morgan fingerprint density at radius 2 is 1.92 bits per heavy atom. The molecule has 0 saturated carbocycles. The van der Waals surface area contributed by atoms with Crippen LogP contribution in [0.4, 0.5) is 0 Å². The van der Waals surface area contributed by atoms with Crippen molar-refractivity contribution in [2.45, 2.75) is 45.4 Å². The van der Waals surface area contributed by atoms with Crippen molar-refractivity contribution in [2.75, 3.05) is 13.2 Å². The lowest BCUT2D eigenvalue weighted by Crippen LogP contribution is -2.07. The minimum atomic E-state index is -0.294. The van der Waals surface area contributed by atoms with Crippen LogP contribution in [0.25, 0.3) is 0 Å². The normalized spacial score (nSPS) is 10.0. The van der Waals surface area contributed by atoms with Gasteiger partial charge in [0.25, 0.3) is 0 Å². The van der Waals surface area contributed by atoms with E-state index in [1.807, 2.05) is 0 Å². The molecule has 0 amide bonds. The van der Waals surface area contributed by atoms with Crippen molar-refractivity contribution in [3.05, 3.63) is 0 Å². The van der Waals surface area contributed by atoms with Crippen LogP contribution in [0.2, 0.25) is 0 Å². The van der Waals surface area contributed by atoms with Crippen LogP contribution in [0, 0.1) is 0 Å². The molecule has 0 fully saturated rings. The largest absolute Gasteiger partial charge is 0.466 e. The number of hydrogen-bond donors (Lipinski definition) is 1. The monoisotopic (exact) mass is 188 g/mol. The number of carbonyl (C=O) groups is 1. The average Bonchev–Trinajstić information content (AvgIpc) is 2.11. The van der Waals surface area contributed by atoms with Gasteiger partial charge in [-0.1, -0.05) is 32.6 Å². The van der Waals surface area contributed by atoms with Gasteiger partial charge in [0.2, 0.25) is 0 Å². The fourth-order valence-electron chi connectivity index (χ4n) is 1.06. The highest BCUT2D eigenvalue weighted by atomic mass is 16.5. The first-order valence-corrected chi connectivity index (χ1v) is 5.07. The van der Waals surface area contributed by atoms with Gasteiger partial charge in [-0.2, -0.15) is 0 Å². The Morgan fingerprint density at radius 1 is 1.23 bits per heavy atom. The maximum absolute atomic E-state index is 10.7. The number of esters is 1. The Balaban J connectivity index is 3.02. The summed E-state index contributed by atoms with van der Waals surface area (Å²) in [7, 11) is 0. The van der Waals surface area contributed by atoms with Crippen molar-refractivity contribution >= 4 is 5.97 Å². The summed E-state index contributed by atoms with van der Waals surface area (Å²) in [6.45, 7) is 2.55. The van der Waals surface area contributed by atoms with Gasteiger partial charge in [-0.15, -0.1) is 0 Å². The summed E-state index contributed by atoms with van der Waals surface area (Å²) in [5.41, 5.74) is 0. The van der Waals surface area contributed by atoms with Gasteiger partial charge in [-0.3, -0.25) is 4.79 Å². The number of unbranched alkanes of at least 4 members (excludes halogenated alkanes) is 4. The quantitative estimate of drug-likeness (QED) is 0.467. The van der Waals surface area contributed by atoms with Crippen LogP contribution >= 0.6 is 0 Å². The molecule has 0 aromatic carbocycles. The molecule has 0 aliphatic heterocycles. The van der Waals surface area contributed by atoms with Gasteiger partial charge in [0.15, 0.2) is 0 Å². The highest BCUT2D eigenvalue weighted by Gasteiger charge is 1.99. The van der Waals surface area contributed by atoms with Gasteiger partial charge in [0, 0.05) is 0 Å². The number of hydrogen-bond acceptors (Lipinski definition) is 3.